The van der Waals surface area contributed by atoms with Crippen molar-refractivity contribution in [2.45, 2.75) is 46.5 Å². The predicted octanol–water partition coefficient (Wildman–Crippen LogP) is 3.41. The van der Waals surface area contributed by atoms with Crippen LogP contribution < -0.4 is 5.32 Å². The largest absolute Gasteiger partial charge is 0.370 e. The molecule has 2 aromatic heterocycles. The average molecular weight is 284 g/mol. The molecule has 0 spiro atoms. The molecular formula is C17H24N4. The minimum absolute atomic E-state index is 0.760. The highest BCUT2D eigenvalue weighted by Crippen LogP contribution is 2.18. The monoisotopic (exact) mass is 284 g/mol. The van der Waals surface area contributed by atoms with Crippen LogP contribution in [0, 0.1) is 0 Å². The normalized spacial score (nSPS) is 10.6. The van der Waals surface area contributed by atoms with E-state index in [1.54, 1.807) is 6.33 Å². The van der Waals surface area contributed by atoms with Gasteiger partial charge in [-0.15, -0.1) is 0 Å². The minimum Gasteiger partial charge on any atom is -0.370 e. The van der Waals surface area contributed by atoms with Gasteiger partial charge in [0, 0.05) is 30.4 Å². The van der Waals surface area contributed by atoms with Gasteiger partial charge in [-0.05, 0) is 30.9 Å². The summed E-state index contributed by atoms with van der Waals surface area (Å²) in [6, 6.07) is 4.24. The van der Waals surface area contributed by atoms with Crippen LogP contribution in [0.5, 0.6) is 0 Å². The summed E-state index contributed by atoms with van der Waals surface area (Å²) in [5, 5.41) is 3.39. The van der Waals surface area contributed by atoms with Gasteiger partial charge in [0.05, 0.1) is 5.69 Å². The molecule has 1 N–H and O–H groups in total. The standard InChI is InChI=1S/C17H24N4/c1-4-9-18-17-15(6-3)16(20-12-21-17)10-14-8-7-13(5-2)11-19-14/h7-8,11-12H,4-6,9-10H2,1-3H3,(H,18,20,21). The zero-order valence-electron chi connectivity index (χ0n) is 13.2. The third-order valence-electron chi connectivity index (χ3n) is 3.57. The van der Waals surface area contributed by atoms with Gasteiger partial charge in [-0.3, -0.25) is 4.98 Å². The Hall–Kier alpha value is -1.97. The molecule has 0 fully saturated rings. The van der Waals surface area contributed by atoms with E-state index in [0.29, 0.717) is 0 Å². The van der Waals surface area contributed by atoms with Gasteiger partial charge in [-0.1, -0.05) is 26.8 Å². The summed E-state index contributed by atoms with van der Waals surface area (Å²) in [5.41, 5.74) is 4.60. The summed E-state index contributed by atoms with van der Waals surface area (Å²) >= 11 is 0. The van der Waals surface area contributed by atoms with Gasteiger partial charge in [0.1, 0.15) is 12.1 Å². The van der Waals surface area contributed by atoms with E-state index in [-0.39, 0.29) is 0 Å². The first-order chi connectivity index (χ1) is 10.3. The molecular weight excluding hydrogens is 260 g/mol. The summed E-state index contributed by atoms with van der Waals surface area (Å²) < 4.78 is 0. The Morgan fingerprint density at radius 1 is 1.00 bits per heavy atom. The smallest absolute Gasteiger partial charge is 0.132 e. The number of hydrogen-bond acceptors (Lipinski definition) is 4. The lowest BCUT2D eigenvalue weighted by atomic mass is 10.1. The molecule has 0 unspecified atom stereocenters. The maximum atomic E-state index is 4.53. The summed E-state index contributed by atoms with van der Waals surface area (Å²) in [6.45, 7) is 7.38. The zero-order valence-corrected chi connectivity index (χ0v) is 13.2. The molecule has 2 rings (SSSR count). The second kappa shape index (κ2) is 7.72. The summed E-state index contributed by atoms with van der Waals surface area (Å²) in [6.07, 6.45) is 7.39. The van der Waals surface area contributed by atoms with Gasteiger partial charge in [-0.25, -0.2) is 9.97 Å². The number of rotatable bonds is 7. The highest BCUT2D eigenvalue weighted by Gasteiger charge is 2.10. The molecule has 0 amide bonds. The van der Waals surface area contributed by atoms with Crippen molar-refractivity contribution in [1.82, 2.24) is 15.0 Å². The molecule has 4 nitrogen and oxygen atoms in total. The predicted molar refractivity (Wildman–Crippen MR) is 86.6 cm³/mol. The highest BCUT2D eigenvalue weighted by atomic mass is 15.0. The minimum atomic E-state index is 0.760. The van der Waals surface area contributed by atoms with E-state index >= 15 is 0 Å². The molecule has 0 aromatic carbocycles. The van der Waals surface area contributed by atoms with Crippen LogP contribution in [0.25, 0.3) is 0 Å². The first kappa shape index (κ1) is 15.4. The van der Waals surface area contributed by atoms with E-state index in [9.17, 15) is 0 Å². The molecule has 4 heteroatoms. The molecule has 0 aliphatic carbocycles. The fourth-order valence-electron chi connectivity index (χ4n) is 2.31. The van der Waals surface area contributed by atoms with Crippen LogP contribution in [0.15, 0.2) is 24.7 Å². The quantitative estimate of drug-likeness (QED) is 0.846. The van der Waals surface area contributed by atoms with Gasteiger partial charge >= 0.3 is 0 Å². The van der Waals surface area contributed by atoms with Crippen molar-refractivity contribution in [2.75, 3.05) is 11.9 Å². The number of aryl methyl sites for hydroxylation is 1. The van der Waals surface area contributed by atoms with Gasteiger partial charge in [0.25, 0.3) is 0 Å². The molecule has 112 valence electrons. The lowest BCUT2D eigenvalue weighted by Crippen LogP contribution is -2.09. The molecule has 0 aliphatic heterocycles. The van der Waals surface area contributed by atoms with Crippen molar-refractivity contribution in [2.24, 2.45) is 0 Å². The molecule has 0 aliphatic rings. The Morgan fingerprint density at radius 3 is 2.48 bits per heavy atom. The second-order valence-corrected chi connectivity index (χ2v) is 5.12. The summed E-state index contributed by atoms with van der Waals surface area (Å²) in [4.78, 5) is 13.4. The maximum Gasteiger partial charge on any atom is 0.132 e. The summed E-state index contributed by atoms with van der Waals surface area (Å²) in [5.74, 6) is 0.967. The van der Waals surface area contributed by atoms with Crippen LogP contribution in [0.2, 0.25) is 0 Å². The van der Waals surface area contributed by atoms with Crippen molar-refractivity contribution in [3.8, 4) is 0 Å². The van der Waals surface area contributed by atoms with E-state index in [0.717, 1.165) is 49.4 Å². The van der Waals surface area contributed by atoms with Crippen LogP contribution in [-0.2, 0) is 19.3 Å². The number of nitrogens with zero attached hydrogens (tertiary/aromatic N) is 3. The number of aromatic nitrogens is 3. The van der Waals surface area contributed by atoms with Gasteiger partial charge in [0.2, 0.25) is 0 Å². The van der Waals surface area contributed by atoms with E-state index in [1.165, 1.54) is 11.1 Å². The van der Waals surface area contributed by atoms with Crippen molar-refractivity contribution in [3.63, 3.8) is 0 Å². The second-order valence-electron chi connectivity index (χ2n) is 5.12. The van der Waals surface area contributed by atoms with Crippen LogP contribution in [0.3, 0.4) is 0 Å². The highest BCUT2D eigenvalue weighted by molar-refractivity contribution is 5.46. The van der Waals surface area contributed by atoms with E-state index in [2.05, 4.69) is 53.2 Å². The first-order valence-electron chi connectivity index (χ1n) is 7.78. The van der Waals surface area contributed by atoms with Gasteiger partial charge in [-0.2, -0.15) is 0 Å². The van der Waals surface area contributed by atoms with Crippen LogP contribution in [0.4, 0.5) is 5.82 Å². The topological polar surface area (TPSA) is 50.7 Å². The summed E-state index contributed by atoms with van der Waals surface area (Å²) in [7, 11) is 0. The van der Waals surface area contributed by atoms with E-state index in [4.69, 9.17) is 0 Å². The van der Waals surface area contributed by atoms with E-state index in [1.807, 2.05) is 6.20 Å². The molecule has 2 heterocycles. The average Bonchev–Trinajstić information content (AvgIpc) is 2.53. The third kappa shape index (κ3) is 4.00. The Morgan fingerprint density at radius 2 is 1.86 bits per heavy atom. The van der Waals surface area contributed by atoms with Gasteiger partial charge in [0.15, 0.2) is 0 Å². The van der Waals surface area contributed by atoms with Crippen LogP contribution >= 0.6 is 0 Å². The number of pyridine rings is 1. The zero-order chi connectivity index (χ0) is 15.1. The van der Waals surface area contributed by atoms with Crippen molar-refractivity contribution in [3.05, 3.63) is 47.2 Å². The maximum absolute atomic E-state index is 4.53. The molecule has 21 heavy (non-hydrogen) atoms. The Kier molecular flexibility index (Phi) is 5.67. The number of hydrogen-bond donors (Lipinski definition) is 1. The van der Waals surface area contributed by atoms with Crippen molar-refractivity contribution >= 4 is 5.82 Å². The first-order valence-corrected chi connectivity index (χ1v) is 7.78. The van der Waals surface area contributed by atoms with Crippen LogP contribution in [0.1, 0.15) is 49.7 Å². The van der Waals surface area contributed by atoms with Crippen LogP contribution in [-0.4, -0.2) is 21.5 Å². The third-order valence-corrected chi connectivity index (χ3v) is 3.57. The van der Waals surface area contributed by atoms with Gasteiger partial charge < -0.3 is 5.32 Å². The molecule has 2 aromatic rings. The molecule has 0 saturated heterocycles. The molecule has 0 radical (unpaired) electrons. The SMILES string of the molecule is CCCNc1ncnc(Cc2ccc(CC)cn2)c1CC. The van der Waals surface area contributed by atoms with E-state index < -0.39 is 0 Å². The lowest BCUT2D eigenvalue weighted by molar-refractivity contribution is 0.904. The molecule has 0 bridgehead atoms. The Labute approximate surface area is 127 Å². The van der Waals surface area contributed by atoms with Crippen molar-refractivity contribution in [1.29, 1.82) is 0 Å². The lowest BCUT2D eigenvalue weighted by Gasteiger charge is -2.12. The number of anilines is 1. The molecule has 0 saturated carbocycles. The Balaban J connectivity index is 2.21. The van der Waals surface area contributed by atoms with Crippen molar-refractivity contribution < 1.29 is 0 Å². The molecule has 0 atom stereocenters. The fourth-order valence-corrected chi connectivity index (χ4v) is 2.31. The fraction of sp³-hybridized carbons (Fsp3) is 0.471. The Bertz CT molecular complexity index is 564. The number of nitrogens with one attached hydrogen (secondary N) is 1.